The highest BCUT2D eigenvalue weighted by molar-refractivity contribution is 5.71. The lowest BCUT2D eigenvalue weighted by atomic mass is 9.96. The molecule has 28 heavy (non-hydrogen) atoms. The summed E-state index contributed by atoms with van der Waals surface area (Å²) in [6.07, 6.45) is 8.98. The molecule has 1 aromatic rings. The van der Waals surface area contributed by atoms with Crippen LogP contribution in [0, 0.1) is 0 Å². The fraction of sp³-hybridized carbons (Fsp3) is 0.864. The molecule has 0 radical (unpaired) electrons. The van der Waals surface area contributed by atoms with Crippen molar-refractivity contribution in [2.75, 3.05) is 6.61 Å². The molecule has 1 heterocycles. The van der Waals surface area contributed by atoms with Crippen molar-refractivity contribution in [2.24, 2.45) is 0 Å². The number of nitrogens with zero attached hydrogens (tertiary/aromatic N) is 3. The number of fused-ring (bicyclic) bond motifs is 1. The predicted molar refractivity (Wildman–Crippen MR) is 110 cm³/mol. The number of ether oxygens (including phenoxy) is 2. The van der Waals surface area contributed by atoms with Gasteiger partial charge in [-0.3, -0.25) is 0 Å². The molecule has 2 rings (SSSR count). The Bertz CT molecular complexity index is 637. The van der Waals surface area contributed by atoms with Crippen molar-refractivity contribution in [3.8, 4) is 0 Å². The highest BCUT2D eigenvalue weighted by atomic mass is 16.6. The SMILES string of the molecule is CCCCC(C)(C)OC(=O)COC1CCCCCc2c1nnn2C(C)(C)CC. The average Bonchev–Trinajstić information content (AvgIpc) is 3.03. The van der Waals surface area contributed by atoms with Gasteiger partial charge in [0.2, 0.25) is 0 Å². The van der Waals surface area contributed by atoms with E-state index in [-0.39, 0.29) is 24.2 Å². The van der Waals surface area contributed by atoms with E-state index in [2.05, 4.69) is 42.7 Å². The van der Waals surface area contributed by atoms with E-state index in [1.54, 1.807) is 0 Å². The van der Waals surface area contributed by atoms with E-state index in [1.807, 2.05) is 13.8 Å². The van der Waals surface area contributed by atoms with Crippen molar-refractivity contribution in [3.63, 3.8) is 0 Å². The topological polar surface area (TPSA) is 66.2 Å². The maximum absolute atomic E-state index is 12.4. The number of carbonyl (C=O) groups is 1. The maximum atomic E-state index is 12.4. The molecule has 160 valence electrons. The van der Waals surface area contributed by atoms with Crippen LogP contribution in [0.1, 0.15) is 110 Å². The summed E-state index contributed by atoms with van der Waals surface area (Å²) >= 11 is 0. The Morgan fingerprint density at radius 3 is 2.61 bits per heavy atom. The van der Waals surface area contributed by atoms with E-state index in [4.69, 9.17) is 9.47 Å². The lowest BCUT2D eigenvalue weighted by Gasteiger charge is -2.27. The zero-order chi connectivity index (χ0) is 20.8. The van der Waals surface area contributed by atoms with Crippen molar-refractivity contribution in [1.82, 2.24) is 15.0 Å². The van der Waals surface area contributed by atoms with E-state index in [0.29, 0.717) is 0 Å². The molecule has 0 spiro atoms. The van der Waals surface area contributed by atoms with Gasteiger partial charge in [-0.25, -0.2) is 9.48 Å². The molecule has 0 aromatic carbocycles. The molecule has 1 aromatic heterocycles. The van der Waals surface area contributed by atoms with Crippen LogP contribution in [0.15, 0.2) is 0 Å². The van der Waals surface area contributed by atoms with E-state index in [9.17, 15) is 4.79 Å². The molecule has 0 fully saturated rings. The van der Waals surface area contributed by atoms with Gasteiger partial charge in [0.1, 0.15) is 24.0 Å². The first-order chi connectivity index (χ1) is 13.2. The van der Waals surface area contributed by atoms with Crippen molar-refractivity contribution in [2.45, 2.75) is 117 Å². The highest BCUT2D eigenvalue weighted by Gasteiger charge is 2.30. The zero-order valence-electron chi connectivity index (χ0n) is 18.7. The molecule has 6 heteroatoms. The van der Waals surface area contributed by atoms with Crippen molar-refractivity contribution >= 4 is 5.97 Å². The minimum Gasteiger partial charge on any atom is -0.458 e. The van der Waals surface area contributed by atoms with Crippen LogP contribution in [0.2, 0.25) is 0 Å². The van der Waals surface area contributed by atoms with Crippen LogP contribution in [-0.4, -0.2) is 33.2 Å². The van der Waals surface area contributed by atoms with Crippen LogP contribution in [-0.2, 0) is 26.2 Å². The summed E-state index contributed by atoms with van der Waals surface area (Å²) in [7, 11) is 0. The first-order valence-electron chi connectivity index (χ1n) is 11.0. The third-order valence-corrected chi connectivity index (χ3v) is 5.84. The molecule has 1 atom stereocenters. The van der Waals surface area contributed by atoms with E-state index in [1.165, 1.54) is 0 Å². The lowest BCUT2D eigenvalue weighted by Crippen LogP contribution is -2.31. The molecule has 1 unspecified atom stereocenters. The smallest absolute Gasteiger partial charge is 0.332 e. The molecule has 0 bridgehead atoms. The Hall–Kier alpha value is -1.43. The van der Waals surface area contributed by atoms with Crippen molar-refractivity contribution < 1.29 is 14.3 Å². The molecule has 1 aliphatic rings. The van der Waals surface area contributed by atoms with Crippen LogP contribution in [0.5, 0.6) is 0 Å². The number of carbonyl (C=O) groups excluding carboxylic acids is 1. The molecule has 0 aliphatic heterocycles. The summed E-state index contributed by atoms with van der Waals surface area (Å²) < 4.78 is 13.7. The largest absolute Gasteiger partial charge is 0.458 e. The fourth-order valence-electron chi connectivity index (χ4n) is 3.69. The van der Waals surface area contributed by atoms with Crippen LogP contribution in [0.25, 0.3) is 0 Å². The number of esters is 1. The molecular weight excluding hydrogens is 354 g/mol. The molecule has 0 amide bonds. The van der Waals surface area contributed by atoms with Crippen LogP contribution >= 0.6 is 0 Å². The Morgan fingerprint density at radius 1 is 1.18 bits per heavy atom. The fourth-order valence-corrected chi connectivity index (χ4v) is 3.69. The quantitative estimate of drug-likeness (QED) is 0.545. The molecule has 6 nitrogen and oxygen atoms in total. The molecule has 0 saturated carbocycles. The second-order valence-corrected chi connectivity index (χ2v) is 9.24. The monoisotopic (exact) mass is 393 g/mol. The number of unbranched alkanes of at least 4 members (excludes halogenated alkanes) is 1. The van der Waals surface area contributed by atoms with Gasteiger partial charge in [0.15, 0.2) is 0 Å². The highest BCUT2D eigenvalue weighted by Crippen LogP contribution is 2.32. The minimum atomic E-state index is -0.448. The number of rotatable bonds is 9. The van der Waals surface area contributed by atoms with Crippen LogP contribution in [0.3, 0.4) is 0 Å². The zero-order valence-corrected chi connectivity index (χ0v) is 18.7. The summed E-state index contributed by atoms with van der Waals surface area (Å²) in [5.41, 5.74) is 1.54. The Kier molecular flexibility index (Phi) is 8.05. The summed E-state index contributed by atoms with van der Waals surface area (Å²) in [5.74, 6) is -0.300. The normalized spacial score (nSPS) is 18.3. The van der Waals surface area contributed by atoms with Crippen LogP contribution in [0.4, 0.5) is 0 Å². The van der Waals surface area contributed by atoms with Gasteiger partial charge >= 0.3 is 5.97 Å². The van der Waals surface area contributed by atoms with Gasteiger partial charge in [-0.15, -0.1) is 5.10 Å². The lowest BCUT2D eigenvalue weighted by molar-refractivity contribution is -0.165. The molecule has 0 N–H and O–H groups in total. The van der Waals surface area contributed by atoms with Gasteiger partial charge in [-0.05, 0) is 66.2 Å². The number of hydrogen-bond acceptors (Lipinski definition) is 5. The third kappa shape index (κ3) is 6.03. The van der Waals surface area contributed by atoms with Gasteiger partial charge in [0.05, 0.1) is 11.2 Å². The molecule has 0 saturated heterocycles. The Labute approximate surface area is 170 Å². The second-order valence-electron chi connectivity index (χ2n) is 9.24. The number of hydrogen-bond donors (Lipinski definition) is 0. The Morgan fingerprint density at radius 2 is 1.93 bits per heavy atom. The average molecular weight is 394 g/mol. The Balaban J connectivity index is 2.07. The third-order valence-electron chi connectivity index (χ3n) is 5.84. The van der Waals surface area contributed by atoms with Gasteiger partial charge in [-0.1, -0.05) is 38.3 Å². The number of aromatic nitrogens is 3. The molecule has 1 aliphatic carbocycles. The first kappa shape index (κ1) is 22.9. The standard InChI is InChI=1S/C22H39N3O3/c1-7-9-15-22(5,6)28-19(26)16-27-18-14-12-10-11-13-17-20(18)23-24-25(17)21(3,4)8-2/h18H,7-16H2,1-6H3. The summed E-state index contributed by atoms with van der Waals surface area (Å²) in [6.45, 7) is 12.6. The summed E-state index contributed by atoms with van der Waals surface area (Å²) in [4.78, 5) is 12.4. The van der Waals surface area contributed by atoms with E-state index >= 15 is 0 Å². The van der Waals surface area contributed by atoms with E-state index < -0.39 is 5.60 Å². The van der Waals surface area contributed by atoms with E-state index in [0.717, 1.165) is 69.2 Å². The van der Waals surface area contributed by atoms with Gasteiger partial charge < -0.3 is 9.47 Å². The van der Waals surface area contributed by atoms with Crippen molar-refractivity contribution in [3.05, 3.63) is 11.4 Å². The second kappa shape index (κ2) is 9.86. The van der Waals surface area contributed by atoms with Gasteiger partial charge in [0, 0.05) is 0 Å². The van der Waals surface area contributed by atoms with Gasteiger partial charge in [-0.2, -0.15) is 0 Å². The minimum absolute atomic E-state index is 0.0380. The van der Waals surface area contributed by atoms with Crippen LogP contribution < -0.4 is 0 Å². The first-order valence-corrected chi connectivity index (χ1v) is 11.0. The predicted octanol–water partition coefficient (Wildman–Crippen LogP) is 5.11. The maximum Gasteiger partial charge on any atom is 0.332 e. The summed E-state index contributed by atoms with van der Waals surface area (Å²) in [6, 6.07) is 0. The van der Waals surface area contributed by atoms with Crippen molar-refractivity contribution in [1.29, 1.82) is 0 Å². The molecular formula is C22H39N3O3. The van der Waals surface area contributed by atoms with Gasteiger partial charge in [0.25, 0.3) is 0 Å². The summed E-state index contributed by atoms with van der Waals surface area (Å²) in [5, 5.41) is 8.95.